The van der Waals surface area contributed by atoms with Crippen LogP contribution >= 0.6 is 0 Å². The number of aromatic nitrogens is 2. The zero-order chi connectivity index (χ0) is 14.0. The van der Waals surface area contributed by atoms with Crippen molar-refractivity contribution in [2.24, 2.45) is 0 Å². The van der Waals surface area contributed by atoms with Crippen LogP contribution < -0.4 is 9.47 Å². The van der Waals surface area contributed by atoms with Gasteiger partial charge in [-0.1, -0.05) is 0 Å². The third-order valence-corrected chi connectivity index (χ3v) is 1.73. The highest BCUT2D eigenvalue weighted by Crippen LogP contribution is 2.27. The molecule has 0 N–H and O–H groups in total. The lowest BCUT2D eigenvalue weighted by molar-refractivity contribution is 0.100. The van der Waals surface area contributed by atoms with Gasteiger partial charge in [0.15, 0.2) is 6.29 Å². The molecule has 100 valence electrons. The van der Waals surface area contributed by atoms with E-state index >= 15 is 0 Å². The van der Waals surface area contributed by atoms with E-state index < -0.39 is 11.2 Å². The average Bonchev–Trinajstić information content (AvgIpc) is 2.12. The lowest BCUT2D eigenvalue weighted by atomic mass is 10.2. The fourth-order valence-corrected chi connectivity index (χ4v) is 1.21. The van der Waals surface area contributed by atoms with Crippen LogP contribution in [-0.4, -0.2) is 27.5 Å². The number of carbonyl (C=O) groups excluding carboxylic acids is 1. The van der Waals surface area contributed by atoms with E-state index in [1.807, 2.05) is 41.5 Å². The van der Waals surface area contributed by atoms with E-state index in [0.717, 1.165) is 0 Å². The summed E-state index contributed by atoms with van der Waals surface area (Å²) in [7, 11) is 0. The Morgan fingerprint density at radius 3 is 1.61 bits per heavy atom. The van der Waals surface area contributed by atoms with Gasteiger partial charge in [0.2, 0.25) is 11.8 Å². The third-order valence-electron chi connectivity index (χ3n) is 1.73. The molecule has 0 fully saturated rings. The van der Waals surface area contributed by atoms with Crippen LogP contribution in [0.15, 0.2) is 6.33 Å². The summed E-state index contributed by atoms with van der Waals surface area (Å²) >= 11 is 0. The topological polar surface area (TPSA) is 61.3 Å². The van der Waals surface area contributed by atoms with Crippen LogP contribution in [0.3, 0.4) is 0 Å². The van der Waals surface area contributed by atoms with Crippen LogP contribution in [0.1, 0.15) is 51.9 Å². The Morgan fingerprint density at radius 1 is 0.944 bits per heavy atom. The normalized spacial score (nSPS) is 12.1. The van der Waals surface area contributed by atoms with Crippen LogP contribution in [0.25, 0.3) is 0 Å². The third kappa shape index (κ3) is 4.31. The Balaban J connectivity index is 3.14. The highest BCUT2D eigenvalue weighted by atomic mass is 16.5. The largest absolute Gasteiger partial charge is 0.471 e. The maximum Gasteiger partial charge on any atom is 0.231 e. The van der Waals surface area contributed by atoms with Crippen molar-refractivity contribution in [3.05, 3.63) is 11.9 Å². The van der Waals surface area contributed by atoms with Gasteiger partial charge in [0.25, 0.3) is 0 Å². The fraction of sp³-hybridized carbons (Fsp3) is 0.615. The minimum Gasteiger partial charge on any atom is -0.471 e. The Labute approximate surface area is 108 Å². The van der Waals surface area contributed by atoms with Crippen molar-refractivity contribution >= 4 is 6.29 Å². The summed E-state index contributed by atoms with van der Waals surface area (Å²) in [5, 5.41) is 0. The van der Waals surface area contributed by atoms with Crippen LogP contribution in [0, 0.1) is 0 Å². The smallest absolute Gasteiger partial charge is 0.231 e. The molecule has 5 nitrogen and oxygen atoms in total. The van der Waals surface area contributed by atoms with Gasteiger partial charge in [0.1, 0.15) is 23.1 Å². The molecule has 0 radical (unpaired) electrons. The quantitative estimate of drug-likeness (QED) is 0.774. The first-order valence-corrected chi connectivity index (χ1v) is 5.80. The molecule has 1 heterocycles. The zero-order valence-electron chi connectivity index (χ0n) is 11.8. The average molecular weight is 252 g/mol. The van der Waals surface area contributed by atoms with Crippen molar-refractivity contribution in [1.82, 2.24) is 9.97 Å². The van der Waals surface area contributed by atoms with Gasteiger partial charge < -0.3 is 9.47 Å². The standard InChI is InChI=1S/C13H20N2O3/c1-12(2,3)17-10-9(7-16)11(15-8-14-10)18-13(4,5)6/h7-8H,1-6H3. The highest BCUT2D eigenvalue weighted by molar-refractivity contribution is 5.81. The lowest BCUT2D eigenvalue weighted by Crippen LogP contribution is -2.26. The number of nitrogens with zero attached hydrogens (tertiary/aromatic N) is 2. The SMILES string of the molecule is CC(C)(C)Oc1ncnc(OC(C)(C)C)c1C=O. The van der Waals surface area contributed by atoms with Crippen molar-refractivity contribution in [3.63, 3.8) is 0 Å². The Bertz CT molecular complexity index is 397. The van der Waals surface area contributed by atoms with Gasteiger partial charge >= 0.3 is 0 Å². The zero-order valence-corrected chi connectivity index (χ0v) is 11.8. The first-order valence-electron chi connectivity index (χ1n) is 5.80. The number of hydrogen-bond donors (Lipinski definition) is 0. The summed E-state index contributed by atoms with van der Waals surface area (Å²) in [5.74, 6) is 0.485. The number of carbonyl (C=O) groups is 1. The van der Waals surface area contributed by atoms with Gasteiger partial charge in [-0.05, 0) is 41.5 Å². The molecule has 18 heavy (non-hydrogen) atoms. The Morgan fingerprint density at radius 2 is 1.33 bits per heavy atom. The Kier molecular flexibility index (Phi) is 3.94. The molecule has 1 rings (SSSR count). The van der Waals surface area contributed by atoms with Crippen LogP contribution in [0.4, 0.5) is 0 Å². The number of aldehydes is 1. The molecule has 0 aliphatic heterocycles. The monoisotopic (exact) mass is 252 g/mol. The van der Waals surface area contributed by atoms with E-state index in [1.165, 1.54) is 6.33 Å². The minimum atomic E-state index is -0.439. The molecule has 1 aromatic rings. The molecule has 0 atom stereocenters. The molecule has 0 amide bonds. The summed E-state index contributed by atoms with van der Waals surface area (Å²) in [6, 6.07) is 0. The van der Waals surface area contributed by atoms with E-state index in [9.17, 15) is 4.79 Å². The molecule has 0 saturated carbocycles. The van der Waals surface area contributed by atoms with E-state index in [2.05, 4.69) is 9.97 Å². The predicted molar refractivity (Wildman–Crippen MR) is 68.2 cm³/mol. The van der Waals surface area contributed by atoms with Crippen LogP contribution in [0.2, 0.25) is 0 Å². The summed E-state index contributed by atoms with van der Waals surface area (Å²) in [5.41, 5.74) is -0.640. The van der Waals surface area contributed by atoms with Crippen molar-refractivity contribution in [2.75, 3.05) is 0 Å². The number of ether oxygens (including phenoxy) is 2. The second kappa shape index (κ2) is 4.92. The fourth-order valence-electron chi connectivity index (χ4n) is 1.21. The summed E-state index contributed by atoms with van der Waals surface area (Å²) < 4.78 is 11.2. The summed E-state index contributed by atoms with van der Waals surface area (Å²) in [4.78, 5) is 19.1. The van der Waals surface area contributed by atoms with E-state index in [-0.39, 0.29) is 17.3 Å². The molecule has 1 aromatic heterocycles. The van der Waals surface area contributed by atoms with Crippen LogP contribution in [-0.2, 0) is 0 Å². The van der Waals surface area contributed by atoms with Crippen molar-refractivity contribution < 1.29 is 14.3 Å². The van der Waals surface area contributed by atoms with E-state index in [0.29, 0.717) is 6.29 Å². The summed E-state index contributed by atoms with van der Waals surface area (Å²) in [6.07, 6.45) is 1.98. The Hall–Kier alpha value is -1.65. The maximum atomic E-state index is 11.2. The van der Waals surface area contributed by atoms with Gasteiger partial charge in [-0.25, -0.2) is 9.97 Å². The molecule has 0 aliphatic carbocycles. The predicted octanol–water partition coefficient (Wildman–Crippen LogP) is 2.64. The van der Waals surface area contributed by atoms with E-state index in [4.69, 9.17) is 9.47 Å². The second-order valence-electron chi connectivity index (χ2n) is 5.94. The molecule has 0 bridgehead atoms. The molecule has 0 aromatic carbocycles. The molecule has 0 aliphatic rings. The lowest BCUT2D eigenvalue weighted by Gasteiger charge is -2.24. The van der Waals surface area contributed by atoms with Gasteiger partial charge in [-0.2, -0.15) is 0 Å². The molecule has 0 saturated heterocycles. The summed E-state index contributed by atoms with van der Waals surface area (Å²) in [6.45, 7) is 11.3. The van der Waals surface area contributed by atoms with Gasteiger partial charge in [0, 0.05) is 0 Å². The number of hydrogen-bond acceptors (Lipinski definition) is 5. The number of rotatable bonds is 3. The van der Waals surface area contributed by atoms with Crippen molar-refractivity contribution in [2.45, 2.75) is 52.7 Å². The maximum absolute atomic E-state index is 11.2. The van der Waals surface area contributed by atoms with Gasteiger partial charge in [-0.3, -0.25) is 4.79 Å². The molecule has 0 spiro atoms. The van der Waals surface area contributed by atoms with Crippen LogP contribution in [0.5, 0.6) is 11.8 Å². The van der Waals surface area contributed by atoms with Gasteiger partial charge in [0.05, 0.1) is 0 Å². The second-order valence-corrected chi connectivity index (χ2v) is 5.94. The first-order chi connectivity index (χ1) is 8.12. The van der Waals surface area contributed by atoms with Gasteiger partial charge in [-0.15, -0.1) is 0 Å². The molecular formula is C13H20N2O3. The highest BCUT2D eigenvalue weighted by Gasteiger charge is 2.22. The first kappa shape index (κ1) is 14.4. The molecular weight excluding hydrogens is 232 g/mol. The molecule has 0 unspecified atom stereocenters. The van der Waals surface area contributed by atoms with Crippen molar-refractivity contribution in [3.8, 4) is 11.8 Å². The minimum absolute atomic E-state index is 0.238. The van der Waals surface area contributed by atoms with Crippen molar-refractivity contribution in [1.29, 1.82) is 0 Å². The molecule has 5 heteroatoms. The van der Waals surface area contributed by atoms with E-state index in [1.54, 1.807) is 0 Å².